The second-order valence-electron chi connectivity index (χ2n) is 16.9. The average Bonchev–Trinajstić information content (AvgIpc) is 3.97. The molecule has 0 N–H and O–H groups in total. The second kappa shape index (κ2) is 12.7. The fourth-order valence-corrected chi connectivity index (χ4v) is 10.8. The summed E-state index contributed by atoms with van der Waals surface area (Å²) in [6, 6.07) is 81.1. The van der Waals surface area contributed by atoms with Crippen LogP contribution in [0.3, 0.4) is 0 Å². The fraction of sp³-hybridized carbons (Fsp3) is 0. The smallest absolute Gasteiger partial charge is 0.0541 e. The van der Waals surface area contributed by atoms with Gasteiger partial charge in [0.15, 0.2) is 0 Å². The number of hydrogen-bond donors (Lipinski definition) is 0. The number of benzene rings is 11. The van der Waals surface area contributed by atoms with Crippen molar-refractivity contribution in [3.05, 3.63) is 218 Å². The molecule has 11 aromatic carbocycles. The largest absolute Gasteiger partial charge is 0.309 e. The van der Waals surface area contributed by atoms with Crippen LogP contribution in [0.25, 0.3) is 132 Å². The monoisotopic (exact) mass is 784 g/mol. The van der Waals surface area contributed by atoms with E-state index in [1.807, 2.05) is 0 Å². The molecule has 0 fully saturated rings. The second-order valence-corrected chi connectivity index (χ2v) is 16.9. The lowest BCUT2D eigenvalue weighted by Gasteiger charge is -2.12. The molecule has 0 bridgehead atoms. The summed E-state index contributed by atoms with van der Waals surface area (Å²) in [5.41, 5.74) is 17.3. The Hall–Kier alpha value is -8.20. The van der Waals surface area contributed by atoms with Gasteiger partial charge in [0, 0.05) is 32.9 Å². The maximum Gasteiger partial charge on any atom is 0.0541 e. The summed E-state index contributed by atoms with van der Waals surface area (Å²) in [7, 11) is 0. The summed E-state index contributed by atoms with van der Waals surface area (Å²) in [5.74, 6) is 0. The van der Waals surface area contributed by atoms with Gasteiger partial charge in [-0.25, -0.2) is 0 Å². The minimum Gasteiger partial charge on any atom is -0.309 e. The highest BCUT2D eigenvalue weighted by molar-refractivity contribution is 6.23. The van der Waals surface area contributed by atoms with E-state index in [1.165, 1.54) is 126 Å². The van der Waals surface area contributed by atoms with Gasteiger partial charge in [0.25, 0.3) is 0 Å². The van der Waals surface area contributed by atoms with Crippen LogP contribution in [0.4, 0.5) is 0 Å². The molecule has 2 aromatic heterocycles. The Balaban J connectivity index is 0.883. The first kappa shape index (κ1) is 33.6. The van der Waals surface area contributed by atoms with Crippen molar-refractivity contribution >= 4 is 75.9 Å². The standard InChI is InChI=1S/C60H36N2/c1-2-12-38-31-45(27-23-37(38)11-1)62-57-22-8-6-18-49(57)54-35-42(26-30-59(54)62)41-25-29-58-53(34-41)48-17-5-7-21-56(48)61(58)44-15-9-14-39(32-44)40-24-28-47-51-20-10-19-50-46-16-4-3-13-43(46)36-55(60(50)51)52(47)33-40/h1-36H. The minimum atomic E-state index is 1.15. The molecule has 0 amide bonds. The van der Waals surface area contributed by atoms with Crippen LogP contribution >= 0.6 is 0 Å². The van der Waals surface area contributed by atoms with Crippen LogP contribution in [0.5, 0.6) is 0 Å². The van der Waals surface area contributed by atoms with Crippen molar-refractivity contribution in [2.24, 2.45) is 0 Å². The Labute approximate surface area is 357 Å². The van der Waals surface area contributed by atoms with Crippen LogP contribution in [-0.2, 0) is 0 Å². The molecule has 2 nitrogen and oxygen atoms in total. The zero-order valence-electron chi connectivity index (χ0n) is 33.7. The maximum absolute atomic E-state index is 2.44. The molecule has 2 heterocycles. The van der Waals surface area contributed by atoms with Crippen molar-refractivity contribution in [3.8, 4) is 55.9 Å². The van der Waals surface area contributed by atoms with Gasteiger partial charge in [0.05, 0.1) is 22.1 Å². The molecule has 0 aliphatic heterocycles. The molecule has 14 rings (SSSR count). The van der Waals surface area contributed by atoms with E-state index in [1.54, 1.807) is 0 Å². The predicted octanol–water partition coefficient (Wildman–Crippen LogP) is 16.3. The van der Waals surface area contributed by atoms with E-state index in [4.69, 9.17) is 0 Å². The molecular weight excluding hydrogens is 749 g/mol. The fourth-order valence-electron chi connectivity index (χ4n) is 10.8. The third-order valence-electron chi connectivity index (χ3n) is 13.6. The van der Waals surface area contributed by atoms with Crippen LogP contribution in [0.15, 0.2) is 218 Å². The highest BCUT2D eigenvalue weighted by atomic mass is 15.0. The first-order chi connectivity index (χ1) is 30.7. The molecule has 1 aliphatic rings. The first-order valence-electron chi connectivity index (χ1n) is 21.5. The van der Waals surface area contributed by atoms with Crippen LogP contribution in [0, 0.1) is 0 Å². The summed E-state index contributed by atoms with van der Waals surface area (Å²) >= 11 is 0. The van der Waals surface area contributed by atoms with Gasteiger partial charge in [-0.15, -0.1) is 0 Å². The van der Waals surface area contributed by atoms with Crippen molar-refractivity contribution in [3.63, 3.8) is 0 Å². The zero-order chi connectivity index (χ0) is 40.5. The van der Waals surface area contributed by atoms with E-state index in [-0.39, 0.29) is 0 Å². The summed E-state index contributed by atoms with van der Waals surface area (Å²) in [5, 5.41) is 12.8. The minimum absolute atomic E-state index is 1.15. The average molecular weight is 785 g/mol. The number of nitrogens with zero attached hydrogens (tertiary/aromatic N) is 2. The van der Waals surface area contributed by atoms with Crippen LogP contribution in [0.2, 0.25) is 0 Å². The molecule has 62 heavy (non-hydrogen) atoms. The third kappa shape index (κ3) is 4.75. The number of rotatable bonds is 4. The van der Waals surface area contributed by atoms with Gasteiger partial charge in [0.1, 0.15) is 0 Å². The Morgan fingerprint density at radius 3 is 1.52 bits per heavy atom. The van der Waals surface area contributed by atoms with E-state index < -0.39 is 0 Å². The Morgan fingerprint density at radius 1 is 0.226 bits per heavy atom. The Kier molecular flexibility index (Phi) is 6.86. The summed E-state index contributed by atoms with van der Waals surface area (Å²) in [6.45, 7) is 0. The van der Waals surface area contributed by atoms with E-state index in [9.17, 15) is 0 Å². The third-order valence-corrected chi connectivity index (χ3v) is 13.6. The Bertz CT molecular complexity index is 4050. The van der Waals surface area contributed by atoms with Gasteiger partial charge >= 0.3 is 0 Å². The summed E-state index contributed by atoms with van der Waals surface area (Å²) in [6.07, 6.45) is 0. The molecule has 1 aliphatic carbocycles. The van der Waals surface area contributed by atoms with Crippen LogP contribution in [0.1, 0.15) is 0 Å². The van der Waals surface area contributed by atoms with Crippen molar-refractivity contribution in [2.75, 3.05) is 0 Å². The molecule has 286 valence electrons. The van der Waals surface area contributed by atoms with E-state index in [0.717, 1.165) is 5.69 Å². The number of hydrogen-bond acceptors (Lipinski definition) is 0. The molecule has 13 aromatic rings. The lowest BCUT2D eigenvalue weighted by atomic mass is 9.95. The quantitative estimate of drug-likeness (QED) is 0.157. The lowest BCUT2D eigenvalue weighted by Crippen LogP contribution is -1.94. The van der Waals surface area contributed by atoms with Gasteiger partial charge in [-0.2, -0.15) is 0 Å². The number of para-hydroxylation sites is 2. The molecule has 0 atom stereocenters. The van der Waals surface area contributed by atoms with E-state index >= 15 is 0 Å². The predicted molar refractivity (Wildman–Crippen MR) is 263 cm³/mol. The molecule has 0 spiro atoms. The van der Waals surface area contributed by atoms with Gasteiger partial charge in [0.2, 0.25) is 0 Å². The Morgan fingerprint density at radius 2 is 0.774 bits per heavy atom. The van der Waals surface area contributed by atoms with Gasteiger partial charge in [-0.1, -0.05) is 146 Å². The molecule has 0 saturated heterocycles. The van der Waals surface area contributed by atoms with E-state index in [0.29, 0.717) is 0 Å². The van der Waals surface area contributed by atoms with Crippen molar-refractivity contribution < 1.29 is 0 Å². The van der Waals surface area contributed by atoms with Crippen molar-refractivity contribution in [1.82, 2.24) is 9.13 Å². The normalized spacial score (nSPS) is 12.2. The van der Waals surface area contributed by atoms with Crippen LogP contribution in [-0.4, -0.2) is 9.13 Å². The SMILES string of the molecule is c1cc(-c2ccc3c(c2)-c2cc4ccccc4c4cccc-3c24)cc(-n2c3ccccc3c3cc(-c4ccc5c(c4)c4ccccc4n5-c4ccc5ccccc5c4)ccc32)c1. The highest BCUT2D eigenvalue weighted by Crippen LogP contribution is 2.50. The molecule has 0 radical (unpaired) electrons. The molecule has 2 heteroatoms. The summed E-state index contributed by atoms with van der Waals surface area (Å²) in [4.78, 5) is 0. The van der Waals surface area contributed by atoms with Gasteiger partial charge in [-0.05, 0) is 150 Å². The number of aromatic nitrogens is 2. The highest BCUT2D eigenvalue weighted by Gasteiger charge is 2.24. The van der Waals surface area contributed by atoms with Gasteiger partial charge in [-0.3, -0.25) is 0 Å². The first-order valence-corrected chi connectivity index (χ1v) is 21.5. The van der Waals surface area contributed by atoms with E-state index in [2.05, 4.69) is 228 Å². The zero-order valence-corrected chi connectivity index (χ0v) is 33.7. The maximum atomic E-state index is 2.44. The summed E-state index contributed by atoms with van der Waals surface area (Å²) < 4.78 is 4.85. The van der Waals surface area contributed by atoms with Crippen LogP contribution < -0.4 is 0 Å². The topological polar surface area (TPSA) is 9.86 Å². The molecule has 0 unspecified atom stereocenters. The molecular formula is C60H36N2. The van der Waals surface area contributed by atoms with Gasteiger partial charge < -0.3 is 9.13 Å². The lowest BCUT2D eigenvalue weighted by molar-refractivity contribution is 1.18. The van der Waals surface area contributed by atoms with Crippen molar-refractivity contribution in [2.45, 2.75) is 0 Å². The molecule has 0 saturated carbocycles. The van der Waals surface area contributed by atoms with Crippen molar-refractivity contribution in [1.29, 1.82) is 0 Å². The number of fused-ring (bicyclic) bond motifs is 12.